The van der Waals surface area contributed by atoms with Crippen molar-refractivity contribution in [1.29, 1.82) is 0 Å². The average molecular weight is 443 g/mol. The lowest BCUT2D eigenvalue weighted by Crippen LogP contribution is -2.58. The zero-order valence-electron chi connectivity index (χ0n) is 20.3. The van der Waals surface area contributed by atoms with Crippen LogP contribution >= 0.6 is 0 Å². The van der Waals surface area contributed by atoms with Crippen LogP contribution in [0.5, 0.6) is 0 Å². The van der Waals surface area contributed by atoms with Crippen LogP contribution in [0.25, 0.3) is 0 Å². The molecule has 32 heavy (non-hydrogen) atoms. The largest absolute Gasteiger partial charge is 0.356 e. The first-order chi connectivity index (χ1) is 15.5. The molecule has 2 amide bonds. The molecule has 0 aromatic heterocycles. The van der Waals surface area contributed by atoms with Gasteiger partial charge in [0.15, 0.2) is 0 Å². The Morgan fingerprint density at radius 2 is 1.03 bits per heavy atom. The number of nitrogens with one attached hydrogen (secondary N) is 2. The van der Waals surface area contributed by atoms with Crippen LogP contribution in [0.15, 0.2) is 0 Å². The maximum atomic E-state index is 12.7. The maximum Gasteiger partial charge on any atom is 0.220 e. The molecule has 6 fully saturated rings. The van der Waals surface area contributed by atoms with Crippen LogP contribution in [0.4, 0.5) is 0 Å². The van der Waals surface area contributed by atoms with Crippen LogP contribution < -0.4 is 10.6 Å². The van der Waals surface area contributed by atoms with Gasteiger partial charge in [-0.15, -0.1) is 0 Å². The Morgan fingerprint density at radius 3 is 1.44 bits per heavy atom. The predicted octanol–water partition coefficient (Wildman–Crippen LogP) is 5.75. The fourth-order valence-corrected chi connectivity index (χ4v) is 9.09. The molecule has 6 aliphatic rings. The normalized spacial score (nSPS) is 37.4. The number of rotatable bonds is 8. The van der Waals surface area contributed by atoms with Gasteiger partial charge in [0.05, 0.1) is 0 Å². The molecule has 0 spiro atoms. The second kappa shape index (κ2) is 9.66. The molecule has 4 bridgehead atoms. The van der Waals surface area contributed by atoms with Gasteiger partial charge < -0.3 is 10.6 Å². The van der Waals surface area contributed by atoms with E-state index in [1.165, 1.54) is 103 Å². The van der Waals surface area contributed by atoms with Crippen molar-refractivity contribution in [2.45, 2.75) is 116 Å². The van der Waals surface area contributed by atoms with Crippen molar-refractivity contribution in [2.75, 3.05) is 13.1 Å². The van der Waals surface area contributed by atoms with Gasteiger partial charge in [0, 0.05) is 25.9 Å². The number of carbonyl (C=O) groups excluding carboxylic acids is 2. The Bertz CT molecular complexity index is 609. The van der Waals surface area contributed by atoms with E-state index in [9.17, 15) is 9.59 Å². The summed E-state index contributed by atoms with van der Waals surface area (Å²) in [6, 6.07) is 0. The molecule has 2 N–H and O–H groups in total. The molecule has 0 saturated heterocycles. The number of carbonyl (C=O) groups is 2. The smallest absolute Gasteiger partial charge is 0.220 e. The molecule has 6 rings (SSSR count). The van der Waals surface area contributed by atoms with Crippen LogP contribution in [0.2, 0.25) is 0 Å². The first kappa shape index (κ1) is 22.7. The first-order valence-corrected chi connectivity index (χ1v) is 14.0. The molecule has 4 heteroatoms. The molecule has 6 aliphatic carbocycles. The van der Waals surface area contributed by atoms with E-state index in [0.29, 0.717) is 34.5 Å². The van der Waals surface area contributed by atoms with Crippen LogP contribution in [0.3, 0.4) is 0 Å². The lowest BCUT2D eigenvalue weighted by Gasteiger charge is -2.62. The fourth-order valence-electron chi connectivity index (χ4n) is 9.09. The summed E-state index contributed by atoms with van der Waals surface area (Å²) in [4.78, 5) is 25.4. The monoisotopic (exact) mass is 442 g/mol. The molecule has 6 saturated carbocycles. The summed E-state index contributed by atoms with van der Waals surface area (Å²) < 4.78 is 0. The molecule has 180 valence electrons. The van der Waals surface area contributed by atoms with Gasteiger partial charge in [-0.2, -0.15) is 0 Å². The molecular weight excluding hydrogens is 396 g/mol. The quantitative estimate of drug-likeness (QED) is 0.503. The molecule has 0 aromatic rings. The minimum atomic E-state index is 0.292. The maximum absolute atomic E-state index is 12.7. The highest BCUT2D eigenvalue weighted by Gasteiger charge is 2.57. The van der Waals surface area contributed by atoms with E-state index in [-0.39, 0.29) is 0 Å². The summed E-state index contributed by atoms with van der Waals surface area (Å²) in [7, 11) is 0. The molecule has 0 aliphatic heterocycles. The standard InChI is InChI=1S/C28H46N2O2/c31-25(12-21-7-3-1-4-8-21)29-19-27-14-23-11-24(15-27)17-28(16-23,18-27)20-30-26(32)13-22-9-5-2-6-10-22/h21-24H,1-20H2,(H,29,31)(H,30,32). The predicted molar refractivity (Wildman–Crippen MR) is 128 cm³/mol. The number of hydrogen-bond donors (Lipinski definition) is 2. The summed E-state index contributed by atoms with van der Waals surface area (Å²) in [5.41, 5.74) is 0.584. The summed E-state index contributed by atoms with van der Waals surface area (Å²) in [6.07, 6.45) is 22.2. The van der Waals surface area contributed by atoms with Crippen molar-refractivity contribution in [2.24, 2.45) is 34.5 Å². The molecule has 0 heterocycles. The average Bonchev–Trinajstić information content (AvgIpc) is 2.77. The van der Waals surface area contributed by atoms with Crippen molar-refractivity contribution in [3.63, 3.8) is 0 Å². The highest BCUT2D eigenvalue weighted by atomic mass is 16.2. The van der Waals surface area contributed by atoms with E-state index in [1.807, 2.05) is 0 Å². The summed E-state index contributed by atoms with van der Waals surface area (Å²) >= 11 is 0. The SMILES string of the molecule is O=C(CC1CCCCC1)NCC12CC3CC(C1)CC(CNC(=O)CC1CCCCC1)(C3)C2. The van der Waals surface area contributed by atoms with E-state index in [0.717, 1.165) is 37.8 Å². The van der Waals surface area contributed by atoms with E-state index in [1.54, 1.807) is 0 Å². The van der Waals surface area contributed by atoms with Crippen molar-refractivity contribution in [1.82, 2.24) is 10.6 Å². The third kappa shape index (κ3) is 5.36. The van der Waals surface area contributed by atoms with E-state index >= 15 is 0 Å². The Kier molecular flexibility index (Phi) is 6.86. The lowest BCUT2D eigenvalue weighted by molar-refractivity contribution is -0.131. The Labute approximate surface area is 195 Å². The van der Waals surface area contributed by atoms with Crippen molar-refractivity contribution < 1.29 is 9.59 Å². The second-order valence-electron chi connectivity index (χ2n) is 12.9. The second-order valence-corrected chi connectivity index (χ2v) is 12.9. The zero-order chi connectivity index (χ0) is 22.0. The fraction of sp³-hybridized carbons (Fsp3) is 0.929. The topological polar surface area (TPSA) is 58.2 Å². The molecule has 4 nitrogen and oxygen atoms in total. The highest BCUT2D eigenvalue weighted by Crippen LogP contribution is 2.64. The summed E-state index contributed by atoms with van der Waals surface area (Å²) in [5.74, 6) is 3.44. The minimum Gasteiger partial charge on any atom is -0.356 e. The zero-order valence-corrected chi connectivity index (χ0v) is 20.3. The van der Waals surface area contributed by atoms with Gasteiger partial charge in [0.2, 0.25) is 11.8 Å². The van der Waals surface area contributed by atoms with Gasteiger partial charge >= 0.3 is 0 Å². The van der Waals surface area contributed by atoms with Gasteiger partial charge in [-0.05, 0) is 98.7 Å². The third-order valence-corrected chi connectivity index (χ3v) is 10.0. The Balaban J connectivity index is 1.13. The molecule has 0 atom stereocenters. The Hall–Kier alpha value is -1.06. The van der Waals surface area contributed by atoms with Gasteiger partial charge in [-0.25, -0.2) is 0 Å². The summed E-state index contributed by atoms with van der Waals surface area (Å²) in [6.45, 7) is 1.76. The van der Waals surface area contributed by atoms with Crippen molar-refractivity contribution in [3.05, 3.63) is 0 Å². The molecule has 0 unspecified atom stereocenters. The van der Waals surface area contributed by atoms with E-state index in [2.05, 4.69) is 10.6 Å². The van der Waals surface area contributed by atoms with Crippen LogP contribution in [-0.2, 0) is 9.59 Å². The van der Waals surface area contributed by atoms with E-state index < -0.39 is 0 Å². The minimum absolute atomic E-state index is 0.292. The lowest BCUT2D eigenvalue weighted by atomic mass is 9.44. The summed E-state index contributed by atoms with van der Waals surface area (Å²) in [5, 5.41) is 6.79. The van der Waals surface area contributed by atoms with Crippen LogP contribution in [-0.4, -0.2) is 24.9 Å². The highest BCUT2D eigenvalue weighted by molar-refractivity contribution is 5.76. The first-order valence-electron chi connectivity index (χ1n) is 14.0. The molecule has 0 aromatic carbocycles. The number of amides is 2. The van der Waals surface area contributed by atoms with Crippen molar-refractivity contribution in [3.8, 4) is 0 Å². The van der Waals surface area contributed by atoms with Gasteiger partial charge in [-0.3, -0.25) is 9.59 Å². The number of hydrogen-bond acceptors (Lipinski definition) is 2. The Morgan fingerprint density at radius 1 is 0.625 bits per heavy atom. The van der Waals surface area contributed by atoms with Gasteiger partial charge in [0.1, 0.15) is 0 Å². The third-order valence-electron chi connectivity index (χ3n) is 10.0. The van der Waals surface area contributed by atoms with E-state index in [4.69, 9.17) is 0 Å². The van der Waals surface area contributed by atoms with Crippen molar-refractivity contribution >= 4 is 11.8 Å². The van der Waals surface area contributed by atoms with Gasteiger partial charge in [0.25, 0.3) is 0 Å². The van der Waals surface area contributed by atoms with Gasteiger partial charge in [-0.1, -0.05) is 38.5 Å². The molecular formula is C28H46N2O2. The molecule has 0 radical (unpaired) electrons. The van der Waals surface area contributed by atoms with Crippen LogP contribution in [0.1, 0.15) is 116 Å². The van der Waals surface area contributed by atoms with Crippen LogP contribution in [0, 0.1) is 34.5 Å².